The average Bonchev–Trinajstić information content (AvgIpc) is 2.88. The highest BCUT2D eigenvalue weighted by molar-refractivity contribution is 6.21. The van der Waals surface area contributed by atoms with E-state index in [2.05, 4.69) is 0 Å². The Morgan fingerprint density at radius 3 is 2.04 bits per heavy atom. The molecule has 1 aliphatic heterocycles. The van der Waals surface area contributed by atoms with Crippen molar-refractivity contribution in [2.45, 2.75) is 6.04 Å². The Labute approximate surface area is 139 Å². The zero-order chi connectivity index (χ0) is 16.7. The van der Waals surface area contributed by atoms with Gasteiger partial charge in [-0.3, -0.25) is 14.5 Å². The van der Waals surface area contributed by atoms with Gasteiger partial charge in [-0.1, -0.05) is 54.6 Å². The fourth-order valence-corrected chi connectivity index (χ4v) is 3.40. The minimum absolute atomic E-state index is 0.180. The second-order valence-electron chi connectivity index (χ2n) is 5.85. The molecule has 1 unspecified atom stereocenters. The summed E-state index contributed by atoms with van der Waals surface area (Å²) in [4.78, 5) is 26.8. The molecular formula is C20H16N2O2. The number of benzene rings is 3. The van der Waals surface area contributed by atoms with Gasteiger partial charge >= 0.3 is 0 Å². The summed E-state index contributed by atoms with van der Waals surface area (Å²) < 4.78 is 0. The van der Waals surface area contributed by atoms with E-state index in [0.29, 0.717) is 11.1 Å². The molecule has 24 heavy (non-hydrogen) atoms. The van der Waals surface area contributed by atoms with E-state index in [1.165, 1.54) is 4.90 Å². The van der Waals surface area contributed by atoms with Gasteiger partial charge in [-0.15, -0.1) is 0 Å². The third-order valence-corrected chi connectivity index (χ3v) is 4.54. The largest absolute Gasteiger partial charge is 0.328 e. The number of fused-ring (bicyclic) bond motifs is 2. The van der Waals surface area contributed by atoms with Gasteiger partial charge in [0, 0.05) is 6.54 Å². The first-order chi connectivity index (χ1) is 11.7. The molecule has 0 saturated carbocycles. The number of carbonyl (C=O) groups excluding carboxylic acids is 2. The fraction of sp³-hybridized carbons (Fsp3) is 0.100. The van der Waals surface area contributed by atoms with Crippen LogP contribution in [0.15, 0.2) is 66.7 Å². The molecule has 0 aliphatic carbocycles. The summed E-state index contributed by atoms with van der Waals surface area (Å²) in [6.45, 7) is 0.180. The van der Waals surface area contributed by atoms with Crippen molar-refractivity contribution in [3.8, 4) is 0 Å². The van der Waals surface area contributed by atoms with Crippen LogP contribution in [0.5, 0.6) is 0 Å². The molecule has 2 amide bonds. The summed E-state index contributed by atoms with van der Waals surface area (Å²) in [5, 5.41) is 2.07. The summed E-state index contributed by atoms with van der Waals surface area (Å²) in [6, 6.07) is 20.2. The molecule has 0 aromatic heterocycles. The molecule has 0 saturated heterocycles. The van der Waals surface area contributed by atoms with Crippen LogP contribution in [0.25, 0.3) is 10.8 Å². The van der Waals surface area contributed by atoms with Gasteiger partial charge in [0.1, 0.15) is 0 Å². The van der Waals surface area contributed by atoms with Crippen molar-refractivity contribution in [3.05, 3.63) is 83.4 Å². The van der Waals surface area contributed by atoms with Crippen molar-refractivity contribution in [2.24, 2.45) is 5.73 Å². The Balaban J connectivity index is 1.86. The standard InChI is InChI=1S/C20H16N2O2/c21-12-18(15-11-5-7-13-6-1-2-8-14(13)15)22-19(23)16-9-3-4-10-17(16)20(22)24/h1-11,18H,12,21H2. The van der Waals surface area contributed by atoms with Crippen molar-refractivity contribution in [1.82, 2.24) is 4.90 Å². The van der Waals surface area contributed by atoms with E-state index in [4.69, 9.17) is 5.73 Å². The van der Waals surface area contributed by atoms with Crippen LogP contribution in [-0.2, 0) is 0 Å². The number of nitrogens with zero attached hydrogens (tertiary/aromatic N) is 1. The Hall–Kier alpha value is -2.98. The van der Waals surface area contributed by atoms with Gasteiger partial charge in [-0.05, 0) is 28.5 Å². The van der Waals surface area contributed by atoms with Crippen LogP contribution in [0.2, 0.25) is 0 Å². The number of amides is 2. The van der Waals surface area contributed by atoms with Gasteiger partial charge in [0.05, 0.1) is 17.2 Å². The van der Waals surface area contributed by atoms with E-state index in [-0.39, 0.29) is 18.4 Å². The third-order valence-electron chi connectivity index (χ3n) is 4.54. The topological polar surface area (TPSA) is 63.4 Å². The van der Waals surface area contributed by atoms with E-state index in [1.54, 1.807) is 24.3 Å². The lowest BCUT2D eigenvalue weighted by Gasteiger charge is -2.26. The number of nitrogens with two attached hydrogens (primary N) is 1. The molecule has 2 N–H and O–H groups in total. The molecule has 4 nitrogen and oxygen atoms in total. The van der Waals surface area contributed by atoms with Crippen LogP contribution < -0.4 is 5.73 Å². The van der Waals surface area contributed by atoms with Gasteiger partial charge in [0.15, 0.2) is 0 Å². The van der Waals surface area contributed by atoms with Gasteiger partial charge < -0.3 is 5.73 Å². The lowest BCUT2D eigenvalue weighted by Crippen LogP contribution is -2.38. The van der Waals surface area contributed by atoms with Crippen LogP contribution in [0.3, 0.4) is 0 Å². The first kappa shape index (κ1) is 14.6. The molecule has 1 aliphatic rings. The lowest BCUT2D eigenvalue weighted by molar-refractivity contribution is 0.0588. The monoisotopic (exact) mass is 316 g/mol. The first-order valence-corrected chi connectivity index (χ1v) is 7.87. The second-order valence-corrected chi connectivity index (χ2v) is 5.85. The summed E-state index contributed by atoms with van der Waals surface area (Å²) in [7, 11) is 0. The zero-order valence-corrected chi connectivity index (χ0v) is 13.0. The first-order valence-electron chi connectivity index (χ1n) is 7.87. The van der Waals surface area contributed by atoms with E-state index in [1.807, 2.05) is 42.5 Å². The summed E-state index contributed by atoms with van der Waals surface area (Å²) in [6.07, 6.45) is 0. The smallest absolute Gasteiger partial charge is 0.262 e. The third kappa shape index (κ3) is 2.04. The molecule has 4 heteroatoms. The van der Waals surface area contributed by atoms with E-state index in [0.717, 1.165) is 16.3 Å². The minimum atomic E-state index is -0.483. The van der Waals surface area contributed by atoms with Gasteiger partial charge in [-0.25, -0.2) is 0 Å². The maximum atomic E-state index is 12.8. The highest BCUT2D eigenvalue weighted by atomic mass is 16.2. The zero-order valence-electron chi connectivity index (χ0n) is 13.0. The van der Waals surface area contributed by atoms with Crippen LogP contribution in [0, 0.1) is 0 Å². The maximum absolute atomic E-state index is 12.8. The molecule has 3 aromatic carbocycles. The van der Waals surface area contributed by atoms with Gasteiger partial charge in [0.25, 0.3) is 11.8 Å². The molecular weight excluding hydrogens is 300 g/mol. The quantitative estimate of drug-likeness (QED) is 0.755. The van der Waals surface area contributed by atoms with E-state index >= 15 is 0 Å². The van der Waals surface area contributed by atoms with Crippen LogP contribution >= 0.6 is 0 Å². The predicted octanol–water partition coefficient (Wildman–Crippen LogP) is 3.14. The fourth-order valence-electron chi connectivity index (χ4n) is 3.40. The number of hydrogen-bond acceptors (Lipinski definition) is 3. The summed E-state index contributed by atoms with van der Waals surface area (Å²) in [5.41, 5.74) is 7.77. The van der Waals surface area contributed by atoms with Crippen LogP contribution in [0.1, 0.15) is 32.3 Å². The maximum Gasteiger partial charge on any atom is 0.262 e. The molecule has 0 spiro atoms. The molecule has 1 atom stereocenters. The average molecular weight is 316 g/mol. The number of rotatable bonds is 3. The molecule has 3 aromatic rings. The Bertz CT molecular complexity index is 924. The normalized spacial score (nSPS) is 15.0. The van der Waals surface area contributed by atoms with E-state index in [9.17, 15) is 9.59 Å². The molecule has 0 fully saturated rings. The van der Waals surface area contributed by atoms with Crippen molar-refractivity contribution in [2.75, 3.05) is 6.54 Å². The molecule has 0 bridgehead atoms. The Morgan fingerprint density at radius 2 is 1.38 bits per heavy atom. The summed E-state index contributed by atoms with van der Waals surface area (Å²) in [5.74, 6) is -0.557. The molecule has 0 radical (unpaired) electrons. The highest BCUT2D eigenvalue weighted by Crippen LogP contribution is 2.33. The number of imide groups is 1. The Morgan fingerprint density at radius 1 is 0.792 bits per heavy atom. The molecule has 1 heterocycles. The second kappa shape index (κ2) is 5.58. The van der Waals surface area contributed by atoms with Crippen LogP contribution in [0.4, 0.5) is 0 Å². The molecule has 118 valence electrons. The van der Waals surface area contributed by atoms with E-state index < -0.39 is 6.04 Å². The molecule has 4 rings (SSSR count). The van der Waals surface area contributed by atoms with Crippen molar-refractivity contribution < 1.29 is 9.59 Å². The lowest BCUT2D eigenvalue weighted by atomic mass is 9.97. The highest BCUT2D eigenvalue weighted by Gasteiger charge is 2.40. The number of hydrogen-bond donors (Lipinski definition) is 1. The minimum Gasteiger partial charge on any atom is -0.328 e. The van der Waals surface area contributed by atoms with Crippen LogP contribution in [-0.4, -0.2) is 23.3 Å². The van der Waals surface area contributed by atoms with Crippen molar-refractivity contribution in [1.29, 1.82) is 0 Å². The van der Waals surface area contributed by atoms with Gasteiger partial charge in [-0.2, -0.15) is 0 Å². The Kier molecular flexibility index (Phi) is 3.40. The SMILES string of the molecule is NCC(c1cccc2ccccc12)N1C(=O)c2ccccc2C1=O. The summed E-state index contributed by atoms with van der Waals surface area (Å²) >= 11 is 0. The van der Waals surface area contributed by atoms with Crippen molar-refractivity contribution in [3.63, 3.8) is 0 Å². The van der Waals surface area contributed by atoms with Gasteiger partial charge in [0.2, 0.25) is 0 Å². The predicted molar refractivity (Wildman–Crippen MR) is 92.7 cm³/mol. The number of carbonyl (C=O) groups is 2. The van der Waals surface area contributed by atoms with Crippen molar-refractivity contribution >= 4 is 22.6 Å².